The van der Waals surface area contributed by atoms with Crippen LogP contribution in [0.5, 0.6) is 0 Å². The quantitative estimate of drug-likeness (QED) is 0.153. The van der Waals surface area contributed by atoms with Crippen molar-refractivity contribution < 1.29 is 20.9 Å². The molecule has 0 saturated carbocycles. The molecule has 6 rings (SSSR count). The number of allylic oxidation sites excluding steroid dienone is 2. The normalized spacial score (nSPS) is 17.3. The standard InChI is InChI=1S/2C21H23.C2H7Si.Zr/c2*1-14(2)17-12-16-8-7-11-20(21(16)13-17)19-10-6-5-9-18(19)15(3)4;1-3-2;/h2*5-15H,1-4H3;3H,1-2H3;. The van der Waals surface area contributed by atoms with Crippen LogP contribution in [-0.2, 0) is 20.9 Å². The van der Waals surface area contributed by atoms with Crippen molar-refractivity contribution in [3.8, 4) is 22.3 Å². The molecule has 0 saturated heterocycles. The molecule has 0 nitrogen and oxygen atoms in total. The van der Waals surface area contributed by atoms with E-state index in [0.29, 0.717) is 30.9 Å². The zero-order chi connectivity index (χ0) is 32.9. The summed E-state index contributed by atoms with van der Waals surface area (Å²) >= 11 is -2.24. The fourth-order valence-electron chi connectivity index (χ4n) is 8.39. The van der Waals surface area contributed by atoms with Crippen LogP contribution in [0.15, 0.2) is 96.1 Å². The fraction of sp³-hybridized carbons (Fsp3) is 0.364. The van der Waals surface area contributed by atoms with Crippen molar-refractivity contribution in [1.82, 2.24) is 0 Å². The summed E-state index contributed by atoms with van der Waals surface area (Å²) in [6.45, 7) is 24.6. The Morgan fingerprint density at radius 2 is 0.826 bits per heavy atom. The Hall–Kier alpha value is -2.54. The summed E-state index contributed by atoms with van der Waals surface area (Å²) in [6.07, 6.45) is 5.33. The second kappa shape index (κ2) is 13.5. The molecule has 2 atom stereocenters. The fourth-order valence-corrected chi connectivity index (χ4v) is 31.7. The van der Waals surface area contributed by atoms with E-state index in [9.17, 15) is 0 Å². The van der Waals surface area contributed by atoms with Crippen molar-refractivity contribution in [2.75, 3.05) is 0 Å². The molecule has 0 spiro atoms. The van der Waals surface area contributed by atoms with Crippen LogP contribution in [-0.4, -0.2) is 5.92 Å². The molecule has 2 aliphatic carbocycles. The minimum atomic E-state index is -2.24. The zero-order valence-electron chi connectivity index (χ0n) is 29.8. The molecule has 4 aromatic carbocycles. The summed E-state index contributed by atoms with van der Waals surface area (Å²) in [5, 5.41) is 0. The summed E-state index contributed by atoms with van der Waals surface area (Å²) in [5.41, 5.74) is 18.4. The first kappa shape index (κ1) is 33.4. The van der Waals surface area contributed by atoms with Gasteiger partial charge in [-0.3, -0.25) is 0 Å². The van der Waals surface area contributed by atoms with Crippen LogP contribution in [0.4, 0.5) is 0 Å². The first-order valence-corrected chi connectivity index (χ1v) is 27.7. The number of hydrogen-bond acceptors (Lipinski definition) is 0. The number of hydrogen-bond donors (Lipinski definition) is 0. The van der Waals surface area contributed by atoms with Gasteiger partial charge in [0.25, 0.3) is 0 Å². The average molecular weight is 701 g/mol. The van der Waals surface area contributed by atoms with E-state index in [4.69, 9.17) is 0 Å². The Morgan fingerprint density at radius 1 is 0.457 bits per heavy atom. The van der Waals surface area contributed by atoms with Crippen LogP contribution >= 0.6 is 0 Å². The first-order chi connectivity index (χ1) is 22.0. The van der Waals surface area contributed by atoms with Crippen LogP contribution in [0, 0.1) is 11.8 Å². The van der Waals surface area contributed by atoms with Gasteiger partial charge in [0.1, 0.15) is 0 Å². The molecule has 4 aromatic rings. The van der Waals surface area contributed by atoms with Gasteiger partial charge in [0.05, 0.1) is 0 Å². The molecule has 0 heterocycles. The molecule has 0 bridgehead atoms. The van der Waals surface area contributed by atoms with Crippen LogP contribution in [0.1, 0.15) is 108 Å². The van der Waals surface area contributed by atoms with Gasteiger partial charge in [0, 0.05) is 0 Å². The van der Waals surface area contributed by atoms with E-state index in [-0.39, 0.29) is 0 Å². The van der Waals surface area contributed by atoms with Crippen LogP contribution in [0.2, 0.25) is 13.1 Å². The van der Waals surface area contributed by atoms with Crippen molar-refractivity contribution in [1.29, 1.82) is 0 Å². The number of fused-ring (bicyclic) bond motifs is 2. The van der Waals surface area contributed by atoms with E-state index in [0.717, 1.165) is 0 Å². The Bertz CT molecular complexity index is 1670. The van der Waals surface area contributed by atoms with Crippen molar-refractivity contribution in [2.24, 2.45) is 11.8 Å². The molecule has 2 heteroatoms. The minimum absolute atomic E-state index is 0.496. The van der Waals surface area contributed by atoms with Gasteiger partial charge in [-0.2, -0.15) is 0 Å². The van der Waals surface area contributed by atoms with E-state index < -0.39 is 26.8 Å². The maximum absolute atomic E-state index is 2.70. The molecule has 0 amide bonds. The zero-order valence-corrected chi connectivity index (χ0v) is 33.4. The van der Waals surface area contributed by atoms with Crippen molar-refractivity contribution in [3.63, 3.8) is 0 Å². The Labute approximate surface area is 288 Å². The Morgan fingerprint density at radius 3 is 1.17 bits per heavy atom. The summed E-state index contributed by atoms with van der Waals surface area (Å²) in [6, 6.07) is 32.9. The van der Waals surface area contributed by atoms with E-state index in [1.54, 1.807) is 22.3 Å². The number of rotatable bonds is 9. The molecule has 2 unspecified atom stereocenters. The Balaban J connectivity index is 1.55. The van der Waals surface area contributed by atoms with E-state index in [2.05, 4.69) is 166 Å². The summed E-state index contributed by atoms with van der Waals surface area (Å²) in [4.78, 5) is 0. The van der Waals surface area contributed by atoms with Crippen LogP contribution in [0.3, 0.4) is 0 Å². The van der Waals surface area contributed by atoms with E-state index >= 15 is 0 Å². The van der Waals surface area contributed by atoms with Gasteiger partial charge in [-0.1, -0.05) is 0 Å². The molecule has 46 heavy (non-hydrogen) atoms. The van der Waals surface area contributed by atoms with Gasteiger partial charge in [0.15, 0.2) is 0 Å². The van der Waals surface area contributed by atoms with Crippen molar-refractivity contribution in [3.05, 3.63) is 129 Å². The van der Waals surface area contributed by atoms with Gasteiger partial charge in [-0.05, 0) is 0 Å². The molecule has 0 fully saturated rings. The topological polar surface area (TPSA) is 0 Å². The Kier molecular flexibility index (Phi) is 9.81. The monoisotopic (exact) mass is 699 g/mol. The third-order valence-corrected chi connectivity index (χ3v) is 32.2. The predicted molar refractivity (Wildman–Crippen MR) is 202 cm³/mol. The molecular weight excluding hydrogens is 648 g/mol. The molecule has 0 N–H and O–H groups in total. The molecule has 237 valence electrons. The average Bonchev–Trinajstić information content (AvgIpc) is 3.61. The summed E-state index contributed by atoms with van der Waals surface area (Å²) < 4.78 is 1.28. The van der Waals surface area contributed by atoms with Gasteiger partial charge >= 0.3 is 290 Å². The van der Waals surface area contributed by atoms with Crippen LogP contribution in [0.25, 0.3) is 34.4 Å². The molecule has 0 aromatic heterocycles. The van der Waals surface area contributed by atoms with Gasteiger partial charge < -0.3 is 0 Å². The third-order valence-electron chi connectivity index (χ3n) is 10.6. The summed E-state index contributed by atoms with van der Waals surface area (Å²) in [5.74, 6) is 1.10. The second-order valence-corrected chi connectivity index (χ2v) is 35.3. The van der Waals surface area contributed by atoms with E-state index in [1.165, 1.54) is 44.5 Å². The van der Waals surface area contributed by atoms with Crippen molar-refractivity contribution in [2.45, 2.75) is 87.6 Å². The van der Waals surface area contributed by atoms with Gasteiger partial charge in [-0.25, -0.2) is 0 Å². The van der Waals surface area contributed by atoms with Crippen molar-refractivity contribution >= 4 is 18.1 Å². The summed E-state index contributed by atoms with van der Waals surface area (Å²) in [7, 11) is 0. The molecular formula is C44H53SiZr. The number of benzene rings is 4. The second-order valence-electron chi connectivity index (χ2n) is 15.2. The molecule has 0 aliphatic heterocycles. The van der Waals surface area contributed by atoms with Gasteiger partial charge in [-0.15, -0.1) is 0 Å². The molecule has 2 aliphatic rings. The molecule has 0 radical (unpaired) electrons. The first-order valence-electron chi connectivity index (χ1n) is 17.7. The SMILES string of the molecule is CC(C)C1=Cc2c(-c3ccccc3C(C)C)cccc2[CH]1[Zr]([CH]1C(C(C)C)=Cc2c(-c3ccccc3C(C)C)cccc21)[SiH](C)C. The van der Waals surface area contributed by atoms with E-state index in [1.807, 2.05) is 0 Å². The predicted octanol–water partition coefficient (Wildman–Crippen LogP) is 12.8. The van der Waals surface area contributed by atoms with Crippen LogP contribution < -0.4 is 0 Å². The van der Waals surface area contributed by atoms with Gasteiger partial charge in [0.2, 0.25) is 0 Å². The maximum atomic E-state index is 2.70. The third kappa shape index (κ3) is 5.88.